The number of benzene rings is 3. The van der Waals surface area contributed by atoms with E-state index in [1.165, 1.54) is 11.6 Å². The molecule has 0 bridgehead atoms. The molecule has 1 saturated heterocycles. The number of carbonyl (C=O) groups excluding carboxylic acids is 2. The van der Waals surface area contributed by atoms with Gasteiger partial charge >= 0.3 is 0 Å². The first kappa shape index (κ1) is 28.3. The number of amides is 2. The SMILES string of the molecule is CC(C)N(C(=O)c1ccc(N(c2cccc(C(N)=O)c2F)C2CCN(Cc3ccccc3)CC2)cc1)C(C)C. The number of likely N-dealkylation sites (tertiary alicyclic amines) is 1. The van der Waals surface area contributed by atoms with Crippen LogP contribution in [0.4, 0.5) is 15.8 Å². The Morgan fingerprint density at radius 3 is 2.08 bits per heavy atom. The summed E-state index contributed by atoms with van der Waals surface area (Å²) in [6.45, 7) is 10.6. The maximum Gasteiger partial charge on any atom is 0.254 e. The zero-order chi connectivity index (χ0) is 28.1. The summed E-state index contributed by atoms with van der Waals surface area (Å²) < 4.78 is 15.7. The van der Waals surface area contributed by atoms with Crippen LogP contribution in [-0.4, -0.2) is 52.8 Å². The summed E-state index contributed by atoms with van der Waals surface area (Å²) in [6.07, 6.45) is 1.64. The molecule has 1 aliphatic rings. The topological polar surface area (TPSA) is 69.9 Å². The molecule has 0 unspecified atom stereocenters. The van der Waals surface area contributed by atoms with Crippen LogP contribution >= 0.6 is 0 Å². The van der Waals surface area contributed by atoms with Crippen molar-refractivity contribution in [2.24, 2.45) is 5.73 Å². The first-order chi connectivity index (χ1) is 18.7. The van der Waals surface area contributed by atoms with Crippen LogP contribution in [0.5, 0.6) is 0 Å². The molecule has 0 atom stereocenters. The molecule has 1 heterocycles. The van der Waals surface area contributed by atoms with E-state index in [4.69, 9.17) is 5.73 Å². The first-order valence-electron chi connectivity index (χ1n) is 13.7. The predicted molar refractivity (Wildman–Crippen MR) is 155 cm³/mol. The van der Waals surface area contributed by atoms with Crippen molar-refractivity contribution in [3.05, 3.63) is 95.3 Å². The molecule has 2 N–H and O–H groups in total. The minimum atomic E-state index is -0.796. The second-order valence-electron chi connectivity index (χ2n) is 10.8. The number of halogens is 1. The average Bonchev–Trinajstić information content (AvgIpc) is 2.91. The summed E-state index contributed by atoms with van der Waals surface area (Å²) in [6, 6.07) is 22.7. The fourth-order valence-corrected chi connectivity index (χ4v) is 5.60. The van der Waals surface area contributed by atoms with Gasteiger partial charge in [-0.15, -0.1) is 0 Å². The maximum atomic E-state index is 15.7. The molecule has 4 rings (SSSR count). The van der Waals surface area contributed by atoms with Gasteiger partial charge in [0.15, 0.2) is 5.82 Å². The molecule has 1 fully saturated rings. The highest BCUT2D eigenvalue weighted by Gasteiger charge is 2.29. The van der Waals surface area contributed by atoms with Crippen LogP contribution in [0.3, 0.4) is 0 Å². The Balaban J connectivity index is 1.63. The van der Waals surface area contributed by atoms with E-state index in [2.05, 4.69) is 17.0 Å². The van der Waals surface area contributed by atoms with Crippen LogP contribution in [0.15, 0.2) is 72.8 Å². The van der Waals surface area contributed by atoms with Gasteiger partial charge in [-0.05, 0) is 82.5 Å². The molecule has 0 saturated carbocycles. The van der Waals surface area contributed by atoms with Crippen LogP contribution < -0.4 is 10.6 Å². The molecular formula is C32H39FN4O2. The Kier molecular flexibility index (Phi) is 9.02. The van der Waals surface area contributed by atoms with Crippen LogP contribution in [0, 0.1) is 5.82 Å². The maximum absolute atomic E-state index is 15.7. The highest BCUT2D eigenvalue weighted by atomic mass is 19.1. The monoisotopic (exact) mass is 530 g/mol. The molecule has 6 nitrogen and oxygen atoms in total. The number of primary amides is 1. The van der Waals surface area contributed by atoms with Gasteiger partial charge in [0.05, 0.1) is 11.3 Å². The van der Waals surface area contributed by atoms with E-state index in [9.17, 15) is 9.59 Å². The normalized spacial score (nSPS) is 14.5. The van der Waals surface area contributed by atoms with Gasteiger partial charge in [-0.2, -0.15) is 0 Å². The van der Waals surface area contributed by atoms with Gasteiger partial charge in [0, 0.05) is 49.0 Å². The zero-order valence-electron chi connectivity index (χ0n) is 23.3. The number of carbonyl (C=O) groups is 2. The molecular weight excluding hydrogens is 491 g/mol. The Labute approximate surface area is 231 Å². The van der Waals surface area contributed by atoms with Crippen molar-refractivity contribution in [3.63, 3.8) is 0 Å². The second kappa shape index (κ2) is 12.4. The minimum absolute atomic E-state index is 0.0130. The van der Waals surface area contributed by atoms with Crippen molar-refractivity contribution in [1.82, 2.24) is 9.80 Å². The minimum Gasteiger partial charge on any atom is -0.366 e. The summed E-state index contributed by atoms with van der Waals surface area (Å²) in [5, 5.41) is 0. The Bertz CT molecular complexity index is 1260. The number of anilines is 2. The third kappa shape index (κ3) is 6.48. The van der Waals surface area contributed by atoms with Crippen molar-refractivity contribution >= 4 is 23.2 Å². The van der Waals surface area contributed by atoms with Gasteiger partial charge in [0.25, 0.3) is 11.8 Å². The number of rotatable bonds is 9. The van der Waals surface area contributed by atoms with Gasteiger partial charge in [0.1, 0.15) is 0 Å². The van der Waals surface area contributed by atoms with Crippen LogP contribution in [0.1, 0.15) is 66.8 Å². The van der Waals surface area contributed by atoms with E-state index in [0.717, 1.165) is 38.2 Å². The first-order valence-corrected chi connectivity index (χ1v) is 13.7. The van der Waals surface area contributed by atoms with Crippen molar-refractivity contribution in [2.45, 2.75) is 65.2 Å². The fraction of sp³-hybridized carbons (Fsp3) is 0.375. The average molecular weight is 531 g/mol. The van der Waals surface area contributed by atoms with Crippen LogP contribution in [0.25, 0.3) is 0 Å². The lowest BCUT2D eigenvalue weighted by molar-refractivity contribution is 0.0643. The van der Waals surface area contributed by atoms with E-state index in [-0.39, 0.29) is 29.6 Å². The molecule has 1 aliphatic heterocycles. The highest BCUT2D eigenvalue weighted by molar-refractivity contribution is 5.96. The van der Waals surface area contributed by atoms with E-state index in [1.54, 1.807) is 12.1 Å². The van der Waals surface area contributed by atoms with Gasteiger partial charge in [-0.1, -0.05) is 36.4 Å². The third-order valence-corrected chi connectivity index (χ3v) is 7.41. The fourth-order valence-electron chi connectivity index (χ4n) is 5.60. The molecule has 0 aliphatic carbocycles. The molecule has 3 aromatic carbocycles. The van der Waals surface area contributed by atoms with E-state index in [0.29, 0.717) is 11.3 Å². The molecule has 7 heteroatoms. The molecule has 2 amide bonds. The van der Waals surface area contributed by atoms with Crippen molar-refractivity contribution < 1.29 is 14.0 Å². The molecule has 0 radical (unpaired) electrons. The van der Waals surface area contributed by atoms with E-state index in [1.807, 2.05) is 80.0 Å². The Morgan fingerprint density at radius 2 is 1.51 bits per heavy atom. The van der Waals surface area contributed by atoms with E-state index < -0.39 is 11.7 Å². The number of piperidine rings is 1. The van der Waals surface area contributed by atoms with Gasteiger partial charge in [0.2, 0.25) is 0 Å². The Morgan fingerprint density at radius 1 is 0.897 bits per heavy atom. The molecule has 206 valence electrons. The van der Waals surface area contributed by atoms with Crippen LogP contribution in [0.2, 0.25) is 0 Å². The third-order valence-electron chi connectivity index (χ3n) is 7.41. The summed E-state index contributed by atoms with van der Waals surface area (Å²) in [5.74, 6) is -1.45. The highest BCUT2D eigenvalue weighted by Crippen LogP contribution is 2.35. The quantitative estimate of drug-likeness (QED) is 0.369. The number of nitrogens with two attached hydrogens (primary N) is 1. The summed E-state index contributed by atoms with van der Waals surface area (Å²) in [4.78, 5) is 31.4. The van der Waals surface area contributed by atoms with Gasteiger partial charge < -0.3 is 15.5 Å². The van der Waals surface area contributed by atoms with Gasteiger partial charge in [-0.25, -0.2) is 4.39 Å². The number of hydrogen-bond donors (Lipinski definition) is 1. The smallest absolute Gasteiger partial charge is 0.254 e. The summed E-state index contributed by atoms with van der Waals surface area (Å²) in [7, 11) is 0. The largest absolute Gasteiger partial charge is 0.366 e. The number of nitrogens with zero attached hydrogens (tertiary/aromatic N) is 3. The number of hydrogen-bond acceptors (Lipinski definition) is 4. The summed E-state index contributed by atoms with van der Waals surface area (Å²) >= 11 is 0. The lowest BCUT2D eigenvalue weighted by atomic mass is 9.99. The summed E-state index contributed by atoms with van der Waals surface area (Å²) in [5.41, 5.74) is 8.29. The molecule has 0 aromatic heterocycles. The zero-order valence-corrected chi connectivity index (χ0v) is 23.3. The Hall–Kier alpha value is -3.71. The standard InChI is InChI=1S/C32H39FN4O2/c1-22(2)36(23(3)4)32(39)25-13-15-26(16-14-25)37(29-12-8-11-28(30(29)33)31(34)38)27-17-19-35(20-18-27)21-24-9-6-5-7-10-24/h5-16,22-23,27H,17-21H2,1-4H3,(H2,34,38). The molecule has 39 heavy (non-hydrogen) atoms. The van der Waals surface area contributed by atoms with Crippen molar-refractivity contribution in [2.75, 3.05) is 18.0 Å². The van der Waals surface area contributed by atoms with Crippen molar-refractivity contribution in [1.29, 1.82) is 0 Å². The molecule has 0 spiro atoms. The van der Waals surface area contributed by atoms with Crippen molar-refractivity contribution in [3.8, 4) is 0 Å². The van der Waals surface area contributed by atoms with Gasteiger partial charge in [-0.3, -0.25) is 14.5 Å². The van der Waals surface area contributed by atoms with E-state index >= 15 is 4.39 Å². The second-order valence-corrected chi connectivity index (χ2v) is 10.8. The predicted octanol–water partition coefficient (Wildman–Crippen LogP) is 5.99. The lowest BCUT2D eigenvalue weighted by Crippen LogP contribution is -2.43. The van der Waals surface area contributed by atoms with Crippen LogP contribution in [-0.2, 0) is 6.54 Å². The lowest BCUT2D eigenvalue weighted by Gasteiger charge is -2.40. The molecule has 3 aromatic rings.